The fourth-order valence-corrected chi connectivity index (χ4v) is 3.26. The first-order valence-electron chi connectivity index (χ1n) is 8.91. The number of phenols is 1. The van der Waals surface area contributed by atoms with Gasteiger partial charge in [0.25, 0.3) is 0 Å². The fraction of sp³-hybridized carbons (Fsp3) is 0.190. The summed E-state index contributed by atoms with van der Waals surface area (Å²) in [4.78, 5) is 17.6. The van der Waals surface area contributed by atoms with Crippen LogP contribution in [0.3, 0.4) is 0 Å². The highest BCUT2D eigenvalue weighted by Gasteiger charge is 2.28. The van der Waals surface area contributed by atoms with Crippen molar-refractivity contribution in [2.24, 2.45) is 0 Å². The molecule has 0 radical (unpaired) electrons. The van der Waals surface area contributed by atoms with Crippen molar-refractivity contribution in [2.75, 3.05) is 6.61 Å². The minimum Gasteiger partial charge on any atom is -0.508 e. The van der Waals surface area contributed by atoms with Gasteiger partial charge in [-0.1, -0.05) is 0 Å². The lowest BCUT2D eigenvalue weighted by atomic mass is 9.96. The van der Waals surface area contributed by atoms with E-state index in [1.54, 1.807) is 31.2 Å². The summed E-state index contributed by atoms with van der Waals surface area (Å²) in [6, 6.07) is 10.2. The van der Waals surface area contributed by atoms with Crippen LogP contribution in [0.15, 0.2) is 40.8 Å². The van der Waals surface area contributed by atoms with Crippen LogP contribution in [0.2, 0.25) is 0 Å². The number of esters is 1. The number of carbonyl (C=O) groups is 1. The van der Waals surface area contributed by atoms with E-state index in [1.807, 2.05) is 26.0 Å². The molecular formula is C21H19N3O4. The Hall–Kier alpha value is -3.61. The van der Waals surface area contributed by atoms with E-state index in [4.69, 9.17) is 9.15 Å². The molecule has 0 bridgehead atoms. The first-order chi connectivity index (χ1) is 13.5. The highest BCUT2D eigenvalue weighted by Crippen LogP contribution is 2.39. The summed E-state index contributed by atoms with van der Waals surface area (Å²) in [7, 11) is 0. The normalized spacial score (nSPS) is 11.1. The molecule has 3 heterocycles. The third-order valence-corrected chi connectivity index (χ3v) is 4.50. The minimum absolute atomic E-state index is 0.127. The topological polar surface area (TPSA) is 101 Å². The van der Waals surface area contributed by atoms with E-state index < -0.39 is 5.97 Å². The Bertz CT molecular complexity index is 1170. The summed E-state index contributed by atoms with van der Waals surface area (Å²) < 4.78 is 11.2. The number of aromatic amines is 1. The van der Waals surface area contributed by atoms with Crippen LogP contribution in [-0.2, 0) is 4.74 Å². The third-order valence-electron chi connectivity index (χ3n) is 4.50. The van der Waals surface area contributed by atoms with Crippen molar-refractivity contribution >= 4 is 17.0 Å². The van der Waals surface area contributed by atoms with Crippen LogP contribution in [-0.4, -0.2) is 32.9 Å². The zero-order valence-corrected chi connectivity index (χ0v) is 15.7. The lowest BCUT2D eigenvalue weighted by Gasteiger charge is -2.14. The Morgan fingerprint density at radius 2 is 1.93 bits per heavy atom. The molecule has 0 spiro atoms. The van der Waals surface area contributed by atoms with Gasteiger partial charge < -0.3 is 14.3 Å². The number of fused-ring (bicyclic) bond motifs is 1. The summed E-state index contributed by atoms with van der Waals surface area (Å²) in [5, 5.41) is 17.5. The molecule has 0 saturated carbocycles. The molecule has 0 fully saturated rings. The van der Waals surface area contributed by atoms with Crippen LogP contribution in [0.1, 0.15) is 28.7 Å². The quantitative estimate of drug-likeness (QED) is 0.512. The number of nitrogens with one attached hydrogen (secondary N) is 1. The molecule has 0 aliphatic heterocycles. The van der Waals surface area contributed by atoms with E-state index in [0.29, 0.717) is 44.9 Å². The van der Waals surface area contributed by atoms with E-state index in [1.165, 1.54) is 0 Å². The lowest BCUT2D eigenvalue weighted by Crippen LogP contribution is -2.10. The van der Waals surface area contributed by atoms with Gasteiger partial charge in [0.05, 0.1) is 28.9 Å². The molecule has 2 N–H and O–H groups in total. The van der Waals surface area contributed by atoms with Crippen molar-refractivity contribution in [1.82, 2.24) is 15.2 Å². The maximum absolute atomic E-state index is 13.0. The molecule has 3 aromatic heterocycles. The Labute approximate surface area is 161 Å². The molecule has 0 amide bonds. The SMILES string of the molecule is CCOC(=O)c1c(-c2ccc(O)cc2)nc2[nH]nc(C)c2c1-c1ccc(C)o1. The largest absolute Gasteiger partial charge is 0.508 e. The molecule has 4 rings (SSSR count). The van der Waals surface area contributed by atoms with Crippen molar-refractivity contribution in [1.29, 1.82) is 0 Å². The van der Waals surface area contributed by atoms with Crippen molar-refractivity contribution < 1.29 is 19.1 Å². The van der Waals surface area contributed by atoms with Crippen LogP contribution >= 0.6 is 0 Å². The molecule has 0 unspecified atom stereocenters. The molecule has 0 atom stereocenters. The number of pyridine rings is 1. The van der Waals surface area contributed by atoms with Gasteiger partial charge in [-0.3, -0.25) is 5.10 Å². The Morgan fingerprint density at radius 3 is 2.57 bits per heavy atom. The van der Waals surface area contributed by atoms with Gasteiger partial charge in [-0.25, -0.2) is 9.78 Å². The molecule has 1 aromatic carbocycles. The van der Waals surface area contributed by atoms with Gasteiger partial charge in [0.2, 0.25) is 0 Å². The average Bonchev–Trinajstić information content (AvgIpc) is 3.27. The lowest BCUT2D eigenvalue weighted by molar-refractivity contribution is 0.0527. The molecule has 4 aromatic rings. The number of phenolic OH excluding ortho intramolecular Hbond substituents is 1. The van der Waals surface area contributed by atoms with E-state index in [2.05, 4.69) is 15.2 Å². The van der Waals surface area contributed by atoms with Gasteiger partial charge in [-0.15, -0.1) is 0 Å². The highest BCUT2D eigenvalue weighted by molar-refractivity contribution is 6.10. The predicted molar refractivity (Wildman–Crippen MR) is 104 cm³/mol. The van der Waals surface area contributed by atoms with Gasteiger partial charge in [-0.05, 0) is 57.2 Å². The first kappa shape index (κ1) is 17.8. The van der Waals surface area contributed by atoms with E-state index >= 15 is 0 Å². The van der Waals surface area contributed by atoms with Gasteiger partial charge in [0.1, 0.15) is 17.3 Å². The number of rotatable bonds is 4. The summed E-state index contributed by atoms with van der Waals surface area (Å²) in [6.07, 6.45) is 0. The van der Waals surface area contributed by atoms with Crippen LogP contribution in [0.4, 0.5) is 0 Å². The number of aromatic nitrogens is 3. The number of aryl methyl sites for hydroxylation is 2. The van der Waals surface area contributed by atoms with Gasteiger partial charge in [0.15, 0.2) is 5.65 Å². The Morgan fingerprint density at radius 1 is 1.18 bits per heavy atom. The van der Waals surface area contributed by atoms with Crippen molar-refractivity contribution in [3.63, 3.8) is 0 Å². The monoisotopic (exact) mass is 377 g/mol. The van der Waals surface area contributed by atoms with Crippen LogP contribution < -0.4 is 0 Å². The van der Waals surface area contributed by atoms with Crippen molar-refractivity contribution in [3.8, 4) is 28.3 Å². The van der Waals surface area contributed by atoms with Gasteiger partial charge in [-0.2, -0.15) is 5.10 Å². The molecule has 28 heavy (non-hydrogen) atoms. The molecule has 0 saturated heterocycles. The summed E-state index contributed by atoms with van der Waals surface area (Å²) in [5.41, 5.74) is 3.23. The zero-order chi connectivity index (χ0) is 19.8. The third kappa shape index (κ3) is 2.90. The molecule has 0 aliphatic carbocycles. The summed E-state index contributed by atoms with van der Waals surface area (Å²) >= 11 is 0. The van der Waals surface area contributed by atoms with Crippen LogP contribution in [0.25, 0.3) is 33.6 Å². The second-order valence-electron chi connectivity index (χ2n) is 6.42. The number of carbonyl (C=O) groups excluding carboxylic acids is 1. The highest BCUT2D eigenvalue weighted by atomic mass is 16.5. The first-order valence-corrected chi connectivity index (χ1v) is 8.91. The van der Waals surface area contributed by atoms with Gasteiger partial charge >= 0.3 is 5.97 Å². The maximum atomic E-state index is 13.0. The smallest absolute Gasteiger partial charge is 0.341 e. The molecule has 7 nitrogen and oxygen atoms in total. The predicted octanol–water partition coefficient (Wildman–Crippen LogP) is 4.38. The number of furan rings is 1. The zero-order valence-electron chi connectivity index (χ0n) is 15.7. The number of hydrogen-bond donors (Lipinski definition) is 2. The van der Waals surface area contributed by atoms with Crippen LogP contribution in [0, 0.1) is 13.8 Å². The van der Waals surface area contributed by atoms with Gasteiger partial charge in [0, 0.05) is 11.1 Å². The Kier molecular flexibility index (Phi) is 4.35. The van der Waals surface area contributed by atoms with Crippen LogP contribution in [0.5, 0.6) is 5.75 Å². The van der Waals surface area contributed by atoms with E-state index in [-0.39, 0.29) is 12.4 Å². The number of ether oxygens (including phenoxy) is 1. The molecule has 7 heteroatoms. The number of aromatic hydroxyl groups is 1. The second kappa shape index (κ2) is 6.84. The summed E-state index contributed by atoms with van der Waals surface area (Å²) in [5.74, 6) is 0.894. The number of H-pyrrole nitrogens is 1. The summed E-state index contributed by atoms with van der Waals surface area (Å²) in [6.45, 7) is 5.67. The average molecular weight is 377 g/mol. The number of hydrogen-bond acceptors (Lipinski definition) is 6. The van der Waals surface area contributed by atoms with E-state index in [0.717, 1.165) is 5.76 Å². The molecule has 0 aliphatic rings. The van der Waals surface area contributed by atoms with E-state index in [9.17, 15) is 9.90 Å². The second-order valence-corrected chi connectivity index (χ2v) is 6.42. The van der Waals surface area contributed by atoms with Crippen molar-refractivity contribution in [2.45, 2.75) is 20.8 Å². The fourth-order valence-electron chi connectivity index (χ4n) is 3.26. The maximum Gasteiger partial charge on any atom is 0.341 e. The standard InChI is InChI=1S/C21H19N3O4/c1-4-27-21(26)18-17(15-10-5-11(2)28-15)16-12(3)23-24-20(16)22-19(18)13-6-8-14(25)9-7-13/h5-10,25H,4H2,1-3H3,(H,22,23,24). The number of nitrogens with zero attached hydrogens (tertiary/aromatic N) is 2. The molecular weight excluding hydrogens is 358 g/mol. The van der Waals surface area contributed by atoms with Crippen molar-refractivity contribution in [3.05, 3.63) is 53.4 Å². The minimum atomic E-state index is -0.496. The number of benzene rings is 1. The Balaban J connectivity index is 2.13. The molecule has 142 valence electrons.